The number of halogens is 2. The van der Waals surface area contributed by atoms with Crippen LogP contribution in [0, 0.1) is 5.82 Å². The summed E-state index contributed by atoms with van der Waals surface area (Å²) < 4.78 is 13.4. The second kappa shape index (κ2) is 5.47. The summed E-state index contributed by atoms with van der Waals surface area (Å²) >= 11 is 5.82. The number of hydrogen-bond donors (Lipinski definition) is 2. The van der Waals surface area contributed by atoms with Crippen molar-refractivity contribution in [1.29, 1.82) is 0 Å². The van der Waals surface area contributed by atoms with Crippen LogP contribution in [0.3, 0.4) is 0 Å². The monoisotopic (exact) mass is 258 g/mol. The molecule has 0 heterocycles. The maximum absolute atomic E-state index is 13.4. The summed E-state index contributed by atoms with van der Waals surface area (Å²) in [5, 5.41) is 2.89. The lowest BCUT2D eigenvalue weighted by Gasteiger charge is -2.19. The first-order valence-electron chi connectivity index (χ1n) is 5.28. The van der Waals surface area contributed by atoms with E-state index < -0.39 is 11.4 Å². The number of carbonyl (C=O) groups is 1. The molecule has 3 nitrogen and oxygen atoms in total. The van der Waals surface area contributed by atoms with Crippen molar-refractivity contribution < 1.29 is 9.18 Å². The van der Waals surface area contributed by atoms with Gasteiger partial charge in [0, 0.05) is 22.7 Å². The average Bonchev–Trinajstić information content (AvgIpc) is 2.20. The third-order valence-electron chi connectivity index (χ3n) is 2.14. The van der Waals surface area contributed by atoms with Crippen LogP contribution in [0.15, 0.2) is 18.2 Å². The predicted molar refractivity (Wildman–Crippen MR) is 66.4 cm³/mol. The Balaban J connectivity index is 2.63. The molecule has 0 spiro atoms. The Morgan fingerprint density at radius 3 is 2.71 bits per heavy atom. The largest absolute Gasteiger partial charge is 0.354 e. The lowest BCUT2D eigenvalue weighted by molar-refractivity contribution is -0.120. The van der Waals surface area contributed by atoms with Crippen LogP contribution in [0.2, 0.25) is 5.02 Å². The topological polar surface area (TPSA) is 55.1 Å². The van der Waals surface area contributed by atoms with E-state index in [0.717, 1.165) is 0 Å². The van der Waals surface area contributed by atoms with E-state index in [-0.39, 0.29) is 22.9 Å². The van der Waals surface area contributed by atoms with Gasteiger partial charge in [-0.15, -0.1) is 0 Å². The standard InChI is InChI=1S/C12H16ClFN2O/c1-12(2,15)7-16-11(17)6-8-9(13)4-3-5-10(8)14/h3-5H,6-7,15H2,1-2H3,(H,16,17). The number of hydrogen-bond acceptors (Lipinski definition) is 2. The molecule has 0 aliphatic rings. The third-order valence-corrected chi connectivity index (χ3v) is 2.49. The zero-order chi connectivity index (χ0) is 13.1. The highest BCUT2D eigenvalue weighted by Gasteiger charge is 2.15. The molecule has 0 bridgehead atoms. The van der Waals surface area contributed by atoms with Crippen LogP contribution < -0.4 is 11.1 Å². The minimum Gasteiger partial charge on any atom is -0.354 e. The number of rotatable bonds is 4. The van der Waals surface area contributed by atoms with Gasteiger partial charge in [0.15, 0.2) is 0 Å². The molecule has 0 unspecified atom stereocenters. The molecule has 1 aromatic carbocycles. The quantitative estimate of drug-likeness (QED) is 0.866. The first kappa shape index (κ1) is 13.9. The highest BCUT2D eigenvalue weighted by atomic mass is 35.5. The van der Waals surface area contributed by atoms with E-state index in [2.05, 4.69) is 5.32 Å². The molecule has 0 radical (unpaired) electrons. The highest BCUT2D eigenvalue weighted by molar-refractivity contribution is 6.31. The van der Waals surface area contributed by atoms with Gasteiger partial charge in [0.1, 0.15) is 5.82 Å². The molecule has 1 rings (SSSR count). The van der Waals surface area contributed by atoms with E-state index in [1.54, 1.807) is 19.9 Å². The van der Waals surface area contributed by atoms with E-state index in [4.69, 9.17) is 17.3 Å². The van der Waals surface area contributed by atoms with E-state index in [1.165, 1.54) is 12.1 Å². The third kappa shape index (κ3) is 4.71. The van der Waals surface area contributed by atoms with Gasteiger partial charge in [0.2, 0.25) is 5.91 Å². The molecule has 0 saturated heterocycles. The highest BCUT2D eigenvalue weighted by Crippen LogP contribution is 2.19. The average molecular weight is 259 g/mol. The van der Waals surface area contributed by atoms with Crippen LogP contribution in [0.25, 0.3) is 0 Å². The lowest BCUT2D eigenvalue weighted by Crippen LogP contribution is -2.45. The van der Waals surface area contributed by atoms with Gasteiger partial charge >= 0.3 is 0 Å². The molecule has 5 heteroatoms. The van der Waals surface area contributed by atoms with Crippen molar-refractivity contribution in [2.75, 3.05) is 6.54 Å². The summed E-state index contributed by atoms with van der Waals surface area (Å²) in [6, 6.07) is 4.34. The lowest BCUT2D eigenvalue weighted by atomic mass is 10.1. The van der Waals surface area contributed by atoms with Crippen LogP contribution in [0.5, 0.6) is 0 Å². The van der Waals surface area contributed by atoms with Gasteiger partial charge in [0.25, 0.3) is 0 Å². The van der Waals surface area contributed by atoms with Crippen molar-refractivity contribution in [3.05, 3.63) is 34.6 Å². The molecule has 0 atom stereocenters. The van der Waals surface area contributed by atoms with Gasteiger partial charge in [0.05, 0.1) is 6.42 Å². The molecule has 17 heavy (non-hydrogen) atoms. The van der Waals surface area contributed by atoms with Crippen molar-refractivity contribution in [3.63, 3.8) is 0 Å². The van der Waals surface area contributed by atoms with E-state index in [0.29, 0.717) is 6.54 Å². The van der Waals surface area contributed by atoms with E-state index >= 15 is 0 Å². The Bertz CT molecular complexity index is 395. The van der Waals surface area contributed by atoms with Crippen LogP contribution >= 0.6 is 11.6 Å². The summed E-state index contributed by atoms with van der Waals surface area (Å²) in [7, 11) is 0. The first-order valence-corrected chi connectivity index (χ1v) is 5.66. The smallest absolute Gasteiger partial charge is 0.224 e. The molecule has 3 N–H and O–H groups in total. The molecule has 0 aliphatic carbocycles. The molecule has 94 valence electrons. The summed E-state index contributed by atoms with van der Waals surface area (Å²) in [6.07, 6.45) is -0.0818. The Morgan fingerprint density at radius 2 is 2.18 bits per heavy atom. The number of nitrogens with one attached hydrogen (secondary N) is 1. The van der Waals surface area contributed by atoms with Gasteiger partial charge in [-0.05, 0) is 26.0 Å². The number of nitrogens with two attached hydrogens (primary N) is 1. The predicted octanol–water partition coefficient (Wildman–Crippen LogP) is 1.88. The van der Waals surface area contributed by atoms with Crippen LogP contribution in [0.4, 0.5) is 4.39 Å². The SMILES string of the molecule is CC(C)(N)CNC(=O)Cc1c(F)cccc1Cl. The zero-order valence-electron chi connectivity index (χ0n) is 9.89. The minimum atomic E-state index is -0.491. The van der Waals surface area contributed by atoms with Crippen LogP contribution in [0.1, 0.15) is 19.4 Å². The van der Waals surface area contributed by atoms with Gasteiger partial charge in [-0.2, -0.15) is 0 Å². The van der Waals surface area contributed by atoms with Crippen molar-refractivity contribution >= 4 is 17.5 Å². The number of carbonyl (C=O) groups excluding carboxylic acids is 1. The molecule has 0 fully saturated rings. The van der Waals surface area contributed by atoms with Crippen LogP contribution in [-0.2, 0) is 11.2 Å². The number of amides is 1. The Morgan fingerprint density at radius 1 is 1.53 bits per heavy atom. The van der Waals surface area contributed by atoms with E-state index in [1.807, 2.05) is 0 Å². The van der Waals surface area contributed by atoms with Gasteiger partial charge in [-0.25, -0.2) is 4.39 Å². The van der Waals surface area contributed by atoms with Gasteiger partial charge in [-0.1, -0.05) is 17.7 Å². The first-order chi connectivity index (χ1) is 7.79. The second-order valence-corrected chi connectivity index (χ2v) is 5.05. The molecule has 0 aliphatic heterocycles. The van der Waals surface area contributed by atoms with Crippen LogP contribution in [-0.4, -0.2) is 18.0 Å². The molecule has 1 aromatic rings. The van der Waals surface area contributed by atoms with Crippen molar-refractivity contribution in [2.24, 2.45) is 5.73 Å². The maximum atomic E-state index is 13.4. The fourth-order valence-corrected chi connectivity index (χ4v) is 1.48. The van der Waals surface area contributed by atoms with Crippen molar-refractivity contribution in [1.82, 2.24) is 5.32 Å². The normalized spacial score (nSPS) is 11.4. The second-order valence-electron chi connectivity index (χ2n) is 4.64. The zero-order valence-corrected chi connectivity index (χ0v) is 10.6. The summed E-state index contributed by atoms with van der Waals surface area (Å²) in [4.78, 5) is 11.6. The summed E-state index contributed by atoms with van der Waals surface area (Å²) in [6.45, 7) is 3.92. The Labute approximate surface area is 105 Å². The minimum absolute atomic E-state index is 0.0818. The van der Waals surface area contributed by atoms with Gasteiger partial charge < -0.3 is 11.1 Å². The molecular weight excluding hydrogens is 243 g/mol. The fraction of sp³-hybridized carbons (Fsp3) is 0.417. The molecular formula is C12H16ClFN2O. The van der Waals surface area contributed by atoms with Crippen molar-refractivity contribution in [3.8, 4) is 0 Å². The molecule has 1 amide bonds. The number of benzene rings is 1. The molecule has 0 aromatic heterocycles. The Kier molecular flexibility index (Phi) is 4.48. The van der Waals surface area contributed by atoms with Gasteiger partial charge in [-0.3, -0.25) is 4.79 Å². The summed E-state index contributed by atoms with van der Waals surface area (Å²) in [5.41, 5.74) is 5.44. The Hall–Kier alpha value is -1.13. The molecule has 0 saturated carbocycles. The summed E-state index contributed by atoms with van der Waals surface area (Å²) in [5.74, 6) is -0.768. The maximum Gasteiger partial charge on any atom is 0.224 e. The fourth-order valence-electron chi connectivity index (χ4n) is 1.25. The van der Waals surface area contributed by atoms with E-state index in [9.17, 15) is 9.18 Å². The van der Waals surface area contributed by atoms with Crippen molar-refractivity contribution in [2.45, 2.75) is 25.8 Å².